The van der Waals surface area contributed by atoms with Gasteiger partial charge in [0.2, 0.25) is 0 Å². The fourth-order valence-electron chi connectivity index (χ4n) is 2.61. The minimum atomic E-state index is -2.95. The first-order valence-corrected chi connectivity index (χ1v) is 8.38. The summed E-state index contributed by atoms with van der Waals surface area (Å²) >= 11 is 0. The zero-order valence-electron chi connectivity index (χ0n) is 15.3. The highest BCUT2D eigenvalue weighted by molar-refractivity contribution is 5.89. The Hall–Kier alpha value is -3.42. The number of halogens is 2. The molecule has 0 atom stereocenters. The second kappa shape index (κ2) is 8.51. The Kier molecular flexibility index (Phi) is 5.88. The average molecular weight is 388 g/mol. The predicted molar refractivity (Wildman–Crippen MR) is 97.0 cm³/mol. The lowest BCUT2D eigenvalue weighted by Gasteiger charge is -2.12. The van der Waals surface area contributed by atoms with E-state index in [-0.39, 0.29) is 18.1 Å². The van der Waals surface area contributed by atoms with Gasteiger partial charge in [-0.2, -0.15) is 13.9 Å². The van der Waals surface area contributed by atoms with E-state index in [4.69, 9.17) is 9.47 Å². The van der Waals surface area contributed by atoms with Gasteiger partial charge in [-0.25, -0.2) is 9.48 Å². The largest absolute Gasteiger partial charge is 0.493 e. The predicted octanol–water partition coefficient (Wildman–Crippen LogP) is 4.15. The molecule has 0 aliphatic carbocycles. The molecule has 28 heavy (non-hydrogen) atoms. The molecule has 0 bridgehead atoms. The topological polar surface area (TPSA) is 62.6 Å². The van der Waals surface area contributed by atoms with Crippen LogP contribution in [0.15, 0.2) is 54.7 Å². The van der Waals surface area contributed by atoms with Gasteiger partial charge in [0.05, 0.1) is 18.4 Å². The van der Waals surface area contributed by atoms with Gasteiger partial charge in [0.25, 0.3) is 0 Å². The molecular formula is C20H18F2N2O4. The van der Waals surface area contributed by atoms with E-state index in [1.165, 1.54) is 25.3 Å². The third-order valence-electron chi connectivity index (χ3n) is 3.99. The van der Waals surface area contributed by atoms with Crippen LogP contribution in [0.5, 0.6) is 11.5 Å². The molecule has 2 aromatic carbocycles. The fraction of sp³-hybridized carbons (Fsp3) is 0.200. The molecule has 146 valence electrons. The number of ether oxygens (including phenoxy) is 3. The van der Waals surface area contributed by atoms with E-state index < -0.39 is 12.6 Å². The second-order valence-corrected chi connectivity index (χ2v) is 5.87. The van der Waals surface area contributed by atoms with Gasteiger partial charge < -0.3 is 14.2 Å². The molecule has 0 amide bonds. The van der Waals surface area contributed by atoms with Crippen LogP contribution in [0, 0.1) is 6.92 Å². The number of benzene rings is 2. The molecule has 8 heteroatoms. The lowest BCUT2D eigenvalue weighted by Crippen LogP contribution is -2.07. The number of alkyl halides is 2. The van der Waals surface area contributed by atoms with Crippen LogP contribution in [0.25, 0.3) is 5.69 Å². The van der Waals surface area contributed by atoms with Crippen LogP contribution in [-0.2, 0) is 11.3 Å². The highest BCUT2D eigenvalue weighted by Crippen LogP contribution is 2.29. The Morgan fingerprint density at radius 2 is 1.86 bits per heavy atom. The van der Waals surface area contributed by atoms with Crippen molar-refractivity contribution < 1.29 is 27.8 Å². The SMILES string of the molecule is COc1cc(COC(=O)c2ccc(-n3nccc3C)cc2)ccc1OC(F)F. The van der Waals surface area contributed by atoms with Crippen LogP contribution in [0.4, 0.5) is 8.78 Å². The first-order chi connectivity index (χ1) is 13.5. The molecule has 0 saturated carbocycles. The van der Waals surface area contributed by atoms with Gasteiger partial charge in [-0.1, -0.05) is 6.07 Å². The highest BCUT2D eigenvalue weighted by Gasteiger charge is 2.13. The first kappa shape index (κ1) is 19.3. The van der Waals surface area contributed by atoms with Crippen molar-refractivity contribution in [1.29, 1.82) is 0 Å². The number of esters is 1. The van der Waals surface area contributed by atoms with Crippen molar-refractivity contribution in [3.8, 4) is 17.2 Å². The van der Waals surface area contributed by atoms with Crippen LogP contribution >= 0.6 is 0 Å². The molecule has 1 heterocycles. The number of aromatic nitrogens is 2. The Bertz CT molecular complexity index is 955. The highest BCUT2D eigenvalue weighted by atomic mass is 19.3. The summed E-state index contributed by atoms with van der Waals surface area (Å²) in [5.41, 5.74) is 2.77. The van der Waals surface area contributed by atoms with E-state index in [2.05, 4.69) is 9.84 Å². The summed E-state index contributed by atoms with van der Waals surface area (Å²) in [6.45, 7) is -1.06. The maximum atomic E-state index is 12.4. The van der Waals surface area contributed by atoms with Gasteiger partial charge in [-0.05, 0) is 55.0 Å². The summed E-state index contributed by atoms with van der Waals surface area (Å²) in [6, 6.07) is 13.1. The van der Waals surface area contributed by atoms with Crippen molar-refractivity contribution in [2.75, 3.05) is 7.11 Å². The minimum Gasteiger partial charge on any atom is -0.493 e. The number of nitrogens with zero attached hydrogens (tertiary/aromatic N) is 2. The van der Waals surface area contributed by atoms with Crippen molar-refractivity contribution in [2.24, 2.45) is 0 Å². The molecule has 0 N–H and O–H groups in total. The summed E-state index contributed by atoms with van der Waals surface area (Å²) < 4.78 is 41.2. The zero-order chi connectivity index (χ0) is 20.1. The van der Waals surface area contributed by atoms with Crippen LogP contribution in [0.1, 0.15) is 21.6 Å². The van der Waals surface area contributed by atoms with Crippen molar-refractivity contribution in [1.82, 2.24) is 9.78 Å². The van der Waals surface area contributed by atoms with Gasteiger partial charge in [-0.15, -0.1) is 0 Å². The first-order valence-electron chi connectivity index (χ1n) is 8.38. The number of carbonyl (C=O) groups excluding carboxylic acids is 1. The lowest BCUT2D eigenvalue weighted by atomic mass is 10.2. The Labute approximate surface area is 160 Å². The number of hydrogen-bond acceptors (Lipinski definition) is 5. The summed E-state index contributed by atoms with van der Waals surface area (Å²) in [6.07, 6.45) is 1.70. The smallest absolute Gasteiger partial charge is 0.387 e. The molecule has 6 nitrogen and oxygen atoms in total. The lowest BCUT2D eigenvalue weighted by molar-refractivity contribution is -0.0512. The third kappa shape index (κ3) is 4.46. The molecule has 0 fully saturated rings. The number of hydrogen-bond donors (Lipinski definition) is 0. The van der Waals surface area contributed by atoms with Gasteiger partial charge in [0.15, 0.2) is 11.5 Å². The maximum Gasteiger partial charge on any atom is 0.387 e. The maximum absolute atomic E-state index is 12.4. The van der Waals surface area contributed by atoms with E-state index in [0.717, 1.165) is 11.4 Å². The van der Waals surface area contributed by atoms with Crippen LogP contribution < -0.4 is 9.47 Å². The Balaban J connectivity index is 1.64. The quantitative estimate of drug-likeness (QED) is 0.569. The average Bonchev–Trinajstić information content (AvgIpc) is 3.12. The summed E-state index contributed by atoms with van der Waals surface area (Å²) in [5.74, 6) is -0.458. The van der Waals surface area contributed by atoms with E-state index in [1.54, 1.807) is 35.1 Å². The summed E-state index contributed by atoms with van der Waals surface area (Å²) in [7, 11) is 1.34. The van der Waals surface area contributed by atoms with E-state index in [9.17, 15) is 13.6 Å². The number of rotatable bonds is 7. The van der Waals surface area contributed by atoms with Crippen LogP contribution in [0.2, 0.25) is 0 Å². The van der Waals surface area contributed by atoms with Crippen molar-refractivity contribution in [2.45, 2.75) is 20.1 Å². The van der Waals surface area contributed by atoms with Crippen molar-refractivity contribution in [3.05, 3.63) is 71.5 Å². The Morgan fingerprint density at radius 1 is 1.11 bits per heavy atom. The van der Waals surface area contributed by atoms with Crippen LogP contribution in [0.3, 0.4) is 0 Å². The molecule has 1 aromatic heterocycles. The molecule has 3 aromatic rings. The molecule has 0 aliphatic rings. The number of carbonyl (C=O) groups is 1. The molecule has 0 saturated heterocycles. The van der Waals surface area contributed by atoms with Crippen molar-refractivity contribution >= 4 is 5.97 Å². The monoisotopic (exact) mass is 388 g/mol. The number of aryl methyl sites for hydroxylation is 1. The fourth-order valence-corrected chi connectivity index (χ4v) is 2.61. The van der Waals surface area contributed by atoms with Gasteiger partial charge in [0, 0.05) is 11.9 Å². The summed E-state index contributed by atoms with van der Waals surface area (Å²) in [4.78, 5) is 12.2. The zero-order valence-corrected chi connectivity index (χ0v) is 15.3. The van der Waals surface area contributed by atoms with Gasteiger partial charge >= 0.3 is 12.6 Å². The second-order valence-electron chi connectivity index (χ2n) is 5.87. The molecule has 0 unspecified atom stereocenters. The van der Waals surface area contributed by atoms with Gasteiger partial charge in [-0.3, -0.25) is 0 Å². The standard InChI is InChI=1S/C20H18F2N2O4/c1-13-9-10-23-24(13)16-6-4-15(5-7-16)19(25)27-12-14-3-8-17(28-20(21)22)18(11-14)26-2/h3-11,20H,12H2,1-2H3. The van der Waals surface area contributed by atoms with Crippen LogP contribution in [-0.4, -0.2) is 29.5 Å². The molecule has 0 aliphatic heterocycles. The summed E-state index contributed by atoms with van der Waals surface area (Å²) in [5, 5.41) is 4.21. The molecular weight excluding hydrogens is 370 g/mol. The normalized spacial score (nSPS) is 10.8. The minimum absolute atomic E-state index is 0.0375. The molecule has 0 radical (unpaired) electrons. The third-order valence-corrected chi connectivity index (χ3v) is 3.99. The van der Waals surface area contributed by atoms with Crippen molar-refractivity contribution in [3.63, 3.8) is 0 Å². The van der Waals surface area contributed by atoms with E-state index in [0.29, 0.717) is 11.1 Å². The molecule has 3 rings (SSSR count). The van der Waals surface area contributed by atoms with Gasteiger partial charge in [0.1, 0.15) is 6.61 Å². The van der Waals surface area contributed by atoms with E-state index >= 15 is 0 Å². The van der Waals surface area contributed by atoms with E-state index in [1.807, 2.05) is 13.0 Å². The molecule has 0 spiro atoms. The number of methoxy groups -OCH3 is 1. The Morgan fingerprint density at radius 3 is 2.46 bits per heavy atom.